The van der Waals surface area contributed by atoms with Crippen molar-refractivity contribution >= 4 is 17.6 Å². The average molecular weight is 234 g/mol. The molecular formula is C11H14N4O2. The number of carboxylic acids is 1. The van der Waals surface area contributed by atoms with Crippen LogP contribution >= 0.6 is 0 Å². The zero-order chi connectivity index (χ0) is 11.8. The van der Waals surface area contributed by atoms with Gasteiger partial charge in [0.05, 0.1) is 5.92 Å². The minimum atomic E-state index is -0.724. The third kappa shape index (κ3) is 1.79. The van der Waals surface area contributed by atoms with Crippen molar-refractivity contribution in [1.29, 1.82) is 0 Å². The van der Waals surface area contributed by atoms with Crippen LogP contribution < -0.4 is 9.80 Å². The van der Waals surface area contributed by atoms with E-state index in [4.69, 9.17) is 5.11 Å². The minimum absolute atomic E-state index is 0.252. The molecule has 1 aromatic rings. The molecule has 0 aromatic carbocycles. The van der Waals surface area contributed by atoms with E-state index >= 15 is 0 Å². The van der Waals surface area contributed by atoms with Gasteiger partial charge in [-0.2, -0.15) is 0 Å². The normalized spacial score (nSPS) is 19.8. The summed E-state index contributed by atoms with van der Waals surface area (Å²) >= 11 is 0. The first-order valence-electron chi connectivity index (χ1n) is 5.79. The van der Waals surface area contributed by atoms with Crippen molar-refractivity contribution in [2.24, 2.45) is 5.92 Å². The van der Waals surface area contributed by atoms with Gasteiger partial charge in [0.2, 0.25) is 0 Å². The van der Waals surface area contributed by atoms with Gasteiger partial charge in [0.25, 0.3) is 0 Å². The molecule has 2 aliphatic heterocycles. The van der Waals surface area contributed by atoms with Crippen LogP contribution in [0.3, 0.4) is 0 Å². The highest BCUT2D eigenvalue weighted by atomic mass is 16.4. The maximum atomic E-state index is 10.7. The molecule has 0 radical (unpaired) electrons. The van der Waals surface area contributed by atoms with Crippen LogP contribution in [0.5, 0.6) is 0 Å². The van der Waals surface area contributed by atoms with Crippen LogP contribution in [0.4, 0.5) is 11.6 Å². The standard InChI is InChI=1S/C11H14N4O2/c16-11(17)8-5-15(6-8)10-4-9(12-7-13-10)14-2-1-3-14/h4,7-8H,1-3,5-6H2,(H,16,17). The summed E-state index contributed by atoms with van der Waals surface area (Å²) in [5, 5.41) is 8.82. The van der Waals surface area contributed by atoms with Crippen molar-refractivity contribution in [3.05, 3.63) is 12.4 Å². The van der Waals surface area contributed by atoms with E-state index in [0.29, 0.717) is 13.1 Å². The fraction of sp³-hybridized carbons (Fsp3) is 0.545. The lowest BCUT2D eigenvalue weighted by Gasteiger charge is -2.38. The fourth-order valence-electron chi connectivity index (χ4n) is 2.05. The molecule has 6 heteroatoms. The number of hydrogen-bond donors (Lipinski definition) is 1. The predicted molar refractivity (Wildman–Crippen MR) is 62.2 cm³/mol. The molecule has 0 amide bonds. The molecule has 0 unspecified atom stereocenters. The van der Waals surface area contributed by atoms with Crippen molar-refractivity contribution in [3.8, 4) is 0 Å². The Bertz CT molecular complexity index is 441. The molecule has 0 aliphatic carbocycles. The third-order valence-corrected chi connectivity index (χ3v) is 3.37. The molecule has 0 bridgehead atoms. The molecule has 2 aliphatic rings. The van der Waals surface area contributed by atoms with Crippen LogP contribution in [0.15, 0.2) is 12.4 Å². The summed E-state index contributed by atoms with van der Waals surface area (Å²) < 4.78 is 0. The second-order valence-electron chi connectivity index (χ2n) is 4.52. The van der Waals surface area contributed by atoms with E-state index in [1.807, 2.05) is 11.0 Å². The zero-order valence-electron chi connectivity index (χ0n) is 9.41. The number of anilines is 2. The number of hydrogen-bond acceptors (Lipinski definition) is 5. The lowest BCUT2D eigenvalue weighted by Crippen LogP contribution is -2.51. The van der Waals surface area contributed by atoms with Gasteiger partial charge < -0.3 is 14.9 Å². The molecule has 6 nitrogen and oxygen atoms in total. The predicted octanol–water partition coefficient (Wildman–Crippen LogP) is 0.207. The Morgan fingerprint density at radius 2 is 1.88 bits per heavy atom. The smallest absolute Gasteiger partial charge is 0.310 e. The van der Waals surface area contributed by atoms with Crippen molar-refractivity contribution in [2.45, 2.75) is 6.42 Å². The van der Waals surface area contributed by atoms with E-state index in [-0.39, 0.29) is 5.92 Å². The van der Waals surface area contributed by atoms with Crippen LogP contribution in [-0.4, -0.2) is 47.2 Å². The van der Waals surface area contributed by atoms with Gasteiger partial charge in [-0.25, -0.2) is 9.97 Å². The molecule has 1 N–H and O–H groups in total. The molecule has 3 rings (SSSR count). The second kappa shape index (κ2) is 3.87. The van der Waals surface area contributed by atoms with Gasteiger partial charge in [0.1, 0.15) is 18.0 Å². The zero-order valence-corrected chi connectivity index (χ0v) is 9.41. The Labute approximate surface area is 98.9 Å². The van der Waals surface area contributed by atoms with Crippen LogP contribution in [0.2, 0.25) is 0 Å². The highest BCUT2D eigenvalue weighted by Crippen LogP contribution is 2.26. The molecule has 2 fully saturated rings. The van der Waals surface area contributed by atoms with Crippen LogP contribution in [0.1, 0.15) is 6.42 Å². The molecule has 90 valence electrons. The Hall–Kier alpha value is -1.85. The summed E-state index contributed by atoms with van der Waals surface area (Å²) in [5.74, 6) is 0.801. The number of rotatable bonds is 3. The quantitative estimate of drug-likeness (QED) is 0.806. The molecular weight excluding hydrogens is 220 g/mol. The summed E-state index contributed by atoms with van der Waals surface area (Å²) in [6.45, 7) is 3.19. The summed E-state index contributed by atoms with van der Waals surface area (Å²) in [5.41, 5.74) is 0. The Morgan fingerprint density at radius 3 is 2.41 bits per heavy atom. The molecule has 1 aromatic heterocycles. The third-order valence-electron chi connectivity index (χ3n) is 3.37. The van der Waals surface area contributed by atoms with Crippen molar-refractivity contribution in [1.82, 2.24) is 9.97 Å². The lowest BCUT2D eigenvalue weighted by molar-refractivity contribution is -0.142. The molecule has 3 heterocycles. The van der Waals surface area contributed by atoms with Crippen molar-refractivity contribution in [3.63, 3.8) is 0 Å². The maximum Gasteiger partial charge on any atom is 0.310 e. The molecule has 0 atom stereocenters. The first-order chi connectivity index (χ1) is 8.24. The monoisotopic (exact) mass is 234 g/mol. The first kappa shape index (κ1) is 10.3. The van der Waals surface area contributed by atoms with Gasteiger partial charge in [-0.15, -0.1) is 0 Å². The topological polar surface area (TPSA) is 69.6 Å². The highest BCUT2D eigenvalue weighted by Gasteiger charge is 2.33. The van der Waals surface area contributed by atoms with E-state index < -0.39 is 5.97 Å². The Kier molecular flexibility index (Phi) is 2.35. The Balaban J connectivity index is 1.69. The summed E-state index contributed by atoms with van der Waals surface area (Å²) in [7, 11) is 0. The number of carboxylic acid groups (broad SMARTS) is 1. The number of aromatic nitrogens is 2. The molecule has 0 saturated carbocycles. The van der Waals surface area contributed by atoms with E-state index in [9.17, 15) is 4.79 Å². The van der Waals surface area contributed by atoms with Gasteiger partial charge in [-0.1, -0.05) is 0 Å². The van der Waals surface area contributed by atoms with Gasteiger partial charge >= 0.3 is 5.97 Å². The largest absolute Gasteiger partial charge is 0.481 e. The molecule has 0 spiro atoms. The van der Waals surface area contributed by atoms with E-state index in [1.165, 1.54) is 6.42 Å². The van der Waals surface area contributed by atoms with Gasteiger partial charge in [-0.05, 0) is 6.42 Å². The first-order valence-corrected chi connectivity index (χ1v) is 5.79. The summed E-state index contributed by atoms with van der Waals surface area (Å²) in [6.07, 6.45) is 2.77. The van der Waals surface area contributed by atoms with E-state index in [1.54, 1.807) is 6.33 Å². The van der Waals surface area contributed by atoms with Gasteiger partial charge in [0, 0.05) is 32.2 Å². The van der Waals surface area contributed by atoms with Crippen LogP contribution in [-0.2, 0) is 4.79 Å². The summed E-state index contributed by atoms with van der Waals surface area (Å²) in [6, 6.07) is 1.94. The fourth-order valence-corrected chi connectivity index (χ4v) is 2.05. The Morgan fingerprint density at radius 1 is 1.24 bits per heavy atom. The second-order valence-corrected chi connectivity index (χ2v) is 4.52. The lowest BCUT2D eigenvalue weighted by atomic mass is 10.0. The number of carbonyl (C=O) groups is 1. The number of nitrogens with zero attached hydrogens (tertiary/aromatic N) is 4. The SMILES string of the molecule is O=C(O)C1CN(c2cc(N3CCC3)ncn2)C1. The summed E-state index contributed by atoms with van der Waals surface area (Å²) in [4.78, 5) is 23.3. The molecule has 2 saturated heterocycles. The molecule has 17 heavy (non-hydrogen) atoms. The van der Waals surface area contributed by atoms with E-state index in [2.05, 4.69) is 14.9 Å². The number of aliphatic carboxylic acids is 1. The van der Waals surface area contributed by atoms with E-state index in [0.717, 1.165) is 24.7 Å². The van der Waals surface area contributed by atoms with Crippen LogP contribution in [0, 0.1) is 5.92 Å². The average Bonchev–Trinajstić information content (AvgIpc) is 2.12. The maximum absolute atomic E-state index is 10.7. The van der Waals surface area contributed by atoms with Crippen molar-refractivity contribution in [2.75, 3.05) is 36.0 Å². The van der Waals surface area contributed by atoms with Gasteiger partial charge in [0.15, 0.2) is 0 Å². The van der Waals surface area contributed by atoms with Crippen molar-refractivity contribution < 1.29 is 9.90 Å². The minimum Gasteiger partial charge on any atom is -0.481 e. The van der Waals surface area contributed by atoms with Crippen LogP contribution in [0.25, 0.3) is 0 Å². The highest BCUT2D eigenvalue weighted by molar-refractivity contribution is 5.74. The van der Waals surface area contributed by atoms with Gasteiger partial charge in [-0.3, -0.25) is 4.79 Å².